The number of hydrogen-bond donors (Lipinski definition) is 0. The molecule has 17 heavy (non-hydrogen) atoms. The maximum absolute atomic E-state index is 5.94. The van der Waals surface area contributed by atoms with Gasteiger partial charge in [0.15, 0.2) is 5.82 Å². The minimum Gasteiger partial charge on any atom is -0.233 e. The molecule has 0 amide bonds. The molecule has 1 aromatic carbocycles. The molecular weight excluding hydrogens is 279 g/mol. The molecule has 0 aliphatic carbocycles. The van der Waals surface area contributed by atoms with Gasteiger partial charge in [-0.2, -0.15) is 0 Å². The Hall–Kier alpha value is -0.830. The fourth-order valence-corrected chi connectivity index (χ4v) is 2.19. The van der Waals surface area contributed by atoms with E-state index in [9.17, 15) is 0 Å². The van der Waals surface area contributed by atoms with Crippen molar-refractivity contribution in [3.05, 3.63) is 45.2 Å². The summed E-state index contributed by atoms with van der Waals surface area (Å²) in [6.07, 6.45) is 0.795. The number of aromatic nitrogens is 2. The molecular formula is C12H9Cl3N2. The van der Waals surface area contributed by atoms with Gasteiger partial charge in [0.2, 0.25) is 0 Å². The van der Waals surface area contributed by atoms with Crippen LogP contribution in [0.1, 0.15) is 12.6 Å². The second kappa shape index (κ2) is 5.21. The normalized spacial score (nSPS) is 10.6. The Labute approximate surface area is 115 Å². The standard InChI is InChI=1S/C12H9Cl3N2/c1-2-10-6-11(15)17-12(16-10)7-3-8(13)5-9(14)4-7/h3-6H,2H2,1H3. The molecule has 0 fully saturated rings. The molecule has 0 saturated heterocycles. The first-order valence-electron chi connectivity index (χ1n) is 5.08. The Bertz CT molecular complexity index is 535. The molecule has 0 radical (unpaired) electrons. The van der Waals surface area contributed by atoms with Crippen LogP contribution in [0.15, 0.2) is 24.3 Å². The lowest BCUT2D eigenvalue weighted by Gasteiger charge is -2.05. The highest BCUT2D eigenvalue weighted by atomic mass is 35.5. The van der Waals surface area contributed by atoms with Gasteiger partial charge in [0.25, 0.3) is 0 Å². The van der Waals surface area contributed by atoms with E-state index in [0.717, 1.165) is 17.7 Å². The van der Waals surface area contributed by atoms with Gasteiger partial charge in [-0.1, -0.05) is 41.7 Å². The average Bonchev–Trinajstić information content (AvgIpc) is 2.26. The summed E-state index contributed by atoms with van der Waals surface area (Å²) in [5.41, 5.74) is 1.65. The molecule has 0 N–H and O–H groups in total. The molecule has 2 nitrogen and oxygen atoms in total. The molecule has 0 aliphatic heterocycles. The van der Waals surface area contributed by atoms with Gasteiger partial charge >= 0.3 is 0 Å². The Morgan fingerprint density at radius 1 is 0.941 bits per heavy atom. The van der Waals surface area contributed by atoms with Crippen molar-refractivity contribution >= 4 is 34.8 Å². The molecule has 1 aromatic heterocycles. The van der Waals surface area contributed by atoms with E-state index in [2.05, 4.69) is 9.97 Å². The topological polar surface area (TPSA) is 25.8 Å². The molecule has 0 unspecified atom stereocenters. The summed E-state index contributed by atoms with van der Waals surface area (Å²) in [4.78, 5) is 8.56. The molecule has 2 aromatic rings. The van der Waals surface area contributed by atoms with Crippen molar-refractivity contribution in [2.75, 3.05) is 0 Å². The van der Waals surface area contributed by atoms with Crippen LogP contribution in [-0.2, 0) is 6.42 Å². The van der Waals surface area contributed by atoms with E-state index in [1.165, 1.54) is 0 Å². The van der Waals surface area contributed by atoms with Crippen LogP contribution < -0.4 is 0 Å². The first-order chi connectivity index (χ1) is 8.08. The van der Waals surface area contributed by atoms with Crippen molar-refractivity contribution in [1.29, 1.82) is 0 Å². The third-order valence-corrected chi connectivity index (χ3v) is 2.86. The zero-order valence-corrected chi connectivity index (χ0v) is 11.3. The fraction of sp³-hybridized carbons (Fsp3) is 0.167. The van der Waals surface area contributed by atoms with Crippen LogP contribution in [0, 0.1) is 0 Å². The predicted molar refractivity (Wildman–Crippen MR) is 71.9 cm³/mol. The van der Waals surface area contributed by atoms with Crippen LogP contribution in [0.4, 0.5) is 0 Å². The minimum atomic E-state index is 0.419. The summed E-state index contributed by atoms with van der Waals surface area (Å²) in [5, 5.41) is 1.52. The van der Waals surface area contributed by atoms with Crippen molar-refractivity contribution in [2.45, 2.75) is 13.3 Å². The Balaban J connectivity index is 2.55. The molecule has 0 aliphatic rings. The number of rotatable bonds is 2. The summed E-state index contributed by atoms with van der Waals surface area (Å²) in [6, 6.07) is 6.94. The fourth-order valence-electron chi connectivity index (χ4n) is 1.46. The van der Waals surface area contributed by atoms with E-state index in [1.807, 2.05) is 6.92 Å². The summed E-state index contributed by atoms with van der Waals surface area (Å²) in [6.45, 7) is 2.01. The number of benzene rings is 1. The second-order valence-electron chi connectivity index (χ2n) is 3.52. The number of nitrogens with zero attached hydrogens (tertiary/aromatic N) is 2. The van der Waals surface area contributed by atoms with Crippen LogP contribution in [0.3, 0.4) is 0 Å². The van der Waals surface area contributed by atoms with Gasteiger partial charge in [0, 0.05) is 21.3 Å². The van der Waals surface area contributed by atoms with Crippen LogP contribution in [0.25, 0.3) is 11.4 Å². The SMILES string of the molecule is CCc1cc(Cl)nc(-c2cc(Cl)cc(Cl)c2)n1. The lowest BCUT2D eigenvalue weighted by Crippen LogP contribution is -1.95. The summed E-state index contributed by atoms with van der Waals surface area (Å²) in [5.74, 6) is 0.541. The summed E-state index contributed by atoms with van der Waals surface area (Å²) >= 11 is 17.8. The monoisotopic (exact) mass is 286 g/mol. The molecule has 1 heterocycles. The lowest BCUT2D eigenvalue weighted by molar-refractivity contribution is 1.01. The van der Waals surface area contributed by atoms with E-state index >= 15 is 0 Å². The smallest absolute Gasteiger partial charge is 0.161 e. The quantitative estimate of drug-likeness (QED) is 0.750. The van der Waals surface area contributed by atoms with Crippen molar-refractivity contribution in [1.82, 2.24) is 9.97 Å². The third-order valence-electron chi connectivity index (χ3n) is 2.23. The molecule has 0 saturated carbocycles. The van der Waals surface area contributed by atoms with Gasteiger partial charge < -0.3 is 0 Å². The maximum atomic E-state index is 5.94. The van der Waals surface area contributed by atoms with Crippen molar-refractivity contribution in [3.63, 3.8) is 0 Å². The summed E-state index contributed by atoms with van der Waals surface area (Å²) in [7, 11) is 0. The second-order valence-corrected chi connectivity index (χ2v) is 4.78. The Morgan fingerprint density at radius 2 is 1.59 bits per heavy atom. The Morgan fingerprint density at radius 3 is 2.18 bits per heavy atom. The minimum absolute atomic E-state index is 0.419. The molecule has 88 valence electrons. The van der Waals surface area contributed by atoms with E-state index < -0.39 is 0 Å². The zero-order valence-electron chi connectivity index (χ0n) is 9.04. The number of hydrogen-bond acceptors (Lipinski definition) is 2. The summed E-state index contributed by atoms with van der Waals surface area (Å²) < 4.78 is 0. The number of halogens is 3. The molecule has 0 atom stereocenters. The largest absolute Gasteiger partial charge is 0.233 e. The maximum Gasteiger partial charge on any atom is 0.161 e. The van der Waals surface area contributed by atoms with Gasteiger partial charge in [0.05, 0.1) is 0 Å². The molecule has 0 spiro atoms. The van der Waals surface area contributed by atoms with Crippen molar-refractivity contribution < 1.29 is 0 Å². The lowest BCUT2D eigenvalue weighted by atomic mass is 10.2. The highest BCUT2D eigenvalue weighted by Crippen LogP contribution is 2.26. The van der Waals surface area contributed by atoms with E-state index in [4.69, 9.17) is 34.8 Å². The van der Waals surface area contributed by atoms with Gasteiger partial charge in [-0.15, -0.1) is 0 Å². The Kier molecular flexibility index (Phi) is 3.87. The van der Waals surface area contributed by atoms with E-state index in [-0.39, 0.29) is 0 Å². The zero-order chi connectivity index (χ0) is 12.4. The van der Waals surface area contributed by atoms with Gasteiger partial charge in [0.1, 0.15) is 5.15 Å². The highest BCUT2D eigenvalue weighted by molar-refractivity contribution is 6.35. The van der Waals surface area contributed by atoms with Gasteiger partial charge in [-0.25, -0.2) is 9.97 Å². The first kappa shape index (κ1) is 12.6. The van der Waals surface area contributed by atoms with Crippen LogP contribution in [0.2, 0.25) is 15.2 Å². The molecule has 5 heteroatoms. The number of aryl methyl sites for hydroxylation is 1. The third kappa shape index (κ3) is 3.09. The van der Waals surface area contributed by atoms with Crippen molar-refractivity contribution in [2.24, 2.45) is 0 Å². The van der Waals surface area contributed by atoms with Gasteiger partial charge in [-0.3, -0.25) is 0 Å². The van der Waals surface area contributed by atoms with Crippen LogP contribution >= 0.6 is 34.8 Å². The predicted octanol–water partition coefficient (Wildman–Crippen LogP) is 4.67. The highest BCUT2D eigenvalue weighted by Gasteiger charge is 2.07. The van der Waals surface area contributed by atoms with Crippen LogP contribution in [0.5, 0.6) is 0 Å². The van der Waals surface area contributed by atoms with Gasteiger partial charge in [-0.05, 0) is 30.7 Å². The van der Waals surface area contributed by atoms with E-state index in [0.29, 0.717) is 21.0 Å². The molecule has 2 rings (SSSR count). The first-order valence-corrected chi connectivity index (χ1v) is 6.22. The van der Waals surface area contributed by atoms with Crippen LogP contribution in [-0.4, -0.2) is 9.97 Å². The van der Waals surface area contributed by atoms with Crippen molar-refractivity contribution in [3.8, 4) is 11.4 Å². The average molecular weight is 288 g/mol. The van der Waals surface area contributed by atoms with E-state index in [1.54, 1.807) is 24.3 Å². The molecule has 0 bridgehead atoms.